The third-order valence-electron chi connectivity index (χ3n) is 3.25. The van der Waals surface area contributed by atoms with Crippen LogP contribution in [-0.4, -0.2) is 0 Å². The van der Waals surface area contributed by atoms with E-state index in [-0.39, 0.29) is 0 Å². The number of hydrogen-bond donors (Lipinski definition) is 0. The molecule has 2 rings (SSSR count). The second kappa shape index (κ2) is 6.98. The molecule has 1 nitrogen and oxygen atoms in total. The molecule has 0 bridgehead atoms. The molecule has 0 aromatic heterocycles. The minimum atomic E-state index is 0.644. The van der Waals surface area contributed by atoms with Crippen molar-refractivity contribution in [1.82, 2.24) is 0 Å². The Kier molecular flexibility index (Phi) is 5.02. The van der Waals surface area contributed by atoms with E-state index in [4.69, 9.17) is 4.74 Å². The summed E-state index contributed by atoms with van der Waals surface area (Å²) in [5, 5.41) is 0. The Bertz CT molecular complexity index is 517. The average molecular weight is 254 g/mol. The first-order chi connectivity index (χ1) is 9.29. The summed E-state index contributed by atoms with van der Waals surface area (Å²) in [6.07, 6.45) is 3.53. The van der Waals surface area contributed by atoms with Crippen molar-refractivity contribution >= 4 is 0 Å². The largest absolute Gasteiger partial charge is 0.489 e. The standard InChI is InChI=1S/C18H22O/c1-3-4-10-17-11-5-6-12-18(17)19-14-16-9-7-8-15(2)13-16/h5-9,11-13H,3-4,10,14H2,1-2H3. The number of benzene rings is 2. The van der Waals surface area contributed by atoms with Gasteiger partial charge in [-0.3, -0.25) is 0 Å². The third-order valence-corrected chi connectivity index (χ3v) is 3.25. The molecule has 0 amide bonds. The van der Waals surface area contributed by atoms with Crippen LogP contribution in [0.5, 0.6) is 5.75 Å². The fraction of sp³-hybridized carbons (Fsp3) is 0.333. The zero-order chi connectivity index (χ0) is 13.5. The lowest BCUT2D eigenvalue weighted by molar-refractivity contribution is 0.302. The van der Waals surface area contributed by atoms with Gasteiger partial charge >= 0.3 is 0 Å². The lowest BCUT2D eigenvalue weighted by Crippen LogP contribution is -1.99. The van der Waals surface area contributed by atoms with Crippen molar-refractivity contribution < 1.29 is 4.74 Å². The summed E-state index contributed by atoms with van der Waals surface area (Å²) in [7, 11) is 0. The van der Waals surface area contributed by atoms with Crippen LogP contribution in [0.15, 0.2) is 48.5 Å². The SMILES string of the molecule is CCCCc1ccccc1OCc1cccc(C)c1. The molecule has 0 N–H and O–H groups in total. The monoisotopic (exact) mass is 254 g/mol. The van der Waals surface area contributed by atoms with E-state index >= 15 is 0 Å². The Morgan fingerprint density at radius 3 is 2.63 bits per heavy atom. The Morgan fingerprint density at radius 2 is 1.84 bits per heavy atom. The molecule has 0 spiro atoms. The van der Waals surface area contributed by atoms with Gasteiger partial charge in [-0.15, -0.1) is 0 Å². The van der Waals surface area contributed by atoms with Crippen LogP contribution >= 0.6 is 0 Å². The minimum Gasteiger partial charge on any atom is -0.489 e. The van der Waals surface area contributed by atoms with Crippen molar-refractivity contribution in [3.05, 3.63) is 65.2 Å². The number of unbranched alkanes of at least 4 members (excludes halogenated alkanes) is 1. The number of ether oxygens (including phenoxy) is 1. The lowest BCUT2D eigenvalue weighted by atomic mass is 10.1. The number of para-hydroxylation sites is 1. The smallest absolute Gasteiger partial charge is 0.122 e. The number of aryl methyl sites for hydroxylation is 2. The van der Waals surface area contributed by atoms with Crippen LogP contribution in [0.1, 0.15) is 36.5 Å². The van der Waals surface area contributed by atoms with Gasteiger partial charge in [0.2, 0.25) is 0 Å². The van der Waals surface area contributed by atoms with Gasteiger partial charge in [0, 0.05) is 0 Å². The van der Waals surface area contributed by atoms with E-state index < -0.39 is 0 Å². The van der Waals surface area contributed by atoms with Crippen LogP contribution in [0.2, 0.25) is 0 Å². The van der Waals surface area contributed by atoms with Gasteiger partial charge in [0.15, 0.2) is 0 Å². The molecule has 0 aliphatic carbocycles. The van der Waals surface area contributed by atoms with Gasteiger partial charge in [-0.05, 0) is 37.0 Å². The van der Waals surface area contributed by atoms with Crippen molar-refractivity contribution in [3.63, 3.8) is 0 Å². The maximum Gasteiger partial charge on any atom is 0.122 e. The van der Waals surface area contributed by atoms with E-state index in [9.17, 15) is 0 Å². The van der Waals surface area contributed by atoms with Crippen molar-refractivity contribution in [2.45, 2.75) is 39.7 Å². The van der Waals surface area contributed by atoms with Gasteiger partial charge in [0.1, 0.15) is 12.4 Å². The van der Waals surface area contributed by atoms with Crippen LogP contribution < -0.4 is 4.74 Å². The summed E-state index contributed by atoms with van der Waals surface area (Å²) >= 11 is 0. The summed E-state index contributed by atoms with van der Waals surface area (Å²) in [4.78, 5) is 0. The number of hydrogen-bond acceptors (Lipinski definition) is 1. The molecule has 0 radical (unpaired) electrons. The van der Waals surface area contributed by atoms with Crippen LogP contribution in [0, 0.1) is 6.92 Å². The highest BCUT2D eigenvalue weighted by Gasteiger charge is 2.03. The van der Waals surface area contributed by atoms with E-state index in [1.165, 1.54) is 29.5 Å². The van der Waals surface area contributed by atoms with Crippen molar-refractivity contribution in [3.8, 4) is 5.75 Å². The average Bonchev–Trinajstić information content (AvgIpc) is 2.44. The van der Waals surface area contributed by atoms with Crippen LogP contribution in [0.25, 0.3) is 0 Å². The van der Waals surface area contributed by atoms with E-state index in [0.29, 0.717) is 6.61 Å². The molecule has 2 aromatic rings. The van der Waals surface area contributed by atoms with Crippen LogP contribution in [-0.2, 0) is 13.0 Å². The second-order valence-corrected chi connectivity index (χ2v) is 4.99. The Balaban J connectivity index is 2.02. The molecule has 0 aliphatic heterocycles. The zero-order valence-electron chi connectivity index (χ0n) is 11.9. The van der Waals surface area contributed by atoms with Crippen molar-refractivity contribution in [2.24, 2.45) is 0 Å². The van der Waals surface area contributed by atoms with Crippen molar-refractivity contribution in [2.75, 3.05) is 0 Å². The molecule has 0 atom stereocenters. The number of rotatable bonds is 6. The summed E-state index contributed by atoms with van der Waals surface area (Å²) in [6, 6.07) is 16.8. The fourth-order valence-electron chi connectivity index (χ4n) is 2.18. The normalized spacial score (nSPS) is 10.4. The van der Waals surface area contributed by atoms with Gasteiger partial charge in [-0.25, -0.2) is 0 Å². The highest BCUT2D eigenvalue weighted by molar-refractivity contribution is 5.34. The van der Waals surface area contributed by atoms with E-state index in [1.807, 2.05) is 6.07 Å². The first-order valence-electron chi connectivity index (χ1n) is 7.06. The van der Waals surface area contributed by atoms with Gasteiger partial charge < -0.3 is 4.74 Å². The molecular formula is C18H22O. The van der Waals surface area contributed by atoms with Crippen LogP contribution in [0.4, 0.5) is 0 Å². The third kappa shape index (κ3) is 4.13. The summed E-state index contributed by atoms with van der Waals surface area (Å²) < 4.78 is 5.98. The van der Waals surface area contributed by atoms with Gasteiger partial charge in [0.05, 0.1) is 0 Å². The summed E-state index contributed by atoms with van der Waals surface area (Å²) in [5.74, 6) is 1.03. The summed E-state index contributed by atoms with van der Waals surface area (Å²) in [5.41, 5.74) is 3.82. The Morgan fingerprint density at radius 1 is 1.00 bits per heavy atom. The maximum absolute atomic E-state index is 5.98. The first kappa shape index (κ1) is 13.7. The molecule has 100 valence electrons. The molecule has 2 aromatic carbocycles. The minimum absolute atomic E-state index is 0.644. The Hall–Kier alpha value is -1.76. The Labute approximate surface area is 116 Å². The second-order valence-electron chi connectivity index (χ2n) is 4.99. The topological polar surface area (TPSA) is 9.23 Å². The molecule has 0 aliphatic rings. The predicted molar refractivity (Wildman–Crippen MR) is 80.6 cm³/mol. The van der Waals surface area contributed by atoms with Gasteiger partial charge in [-0.2, -0.15) is 0 Å². The first-order valence-corrected chi connectivity index (χ1v) is 7.06. The van der Waals surface area contributed by atoms with E-state index in [0.717, 1.165) is 12.2 Å². The molecule has 0 unspecified atom stereocenters. The van der Waals surface area contributed by atoms with Gasteiger partial charge in [0.25, 0.3) is 0 Å². The van der Waals surface area contributed by atoms with Crippen LogP contribution in [0.3, 0.4) is 0 Å². The van der Waals surface area contributed by atoms with Gasteiger partial charge in [-0.1, -0.05) is 61.4 Å². The fourth-order valence-corrected chi connectivity index (χ4v) is 2.18. The lowest BCUT2D eigenvalue weighted by Gasteiger charge is -2.11. The van der Waals surface area contributed by atoms with E-state index in [1.54, 1.807) is 0 Å². The predicted octanol–water partition coefficient (Wildman–Crippen LogP) is 4.92. The maximum atomic E-state index is 5.98. The highest BCUT2D eigenvalue weighted by atomic mass is 16.5. The summed E-state index contributed by atoms with van der Waals surface area (Å²) in [6.45, 7) is 4.97. The molecule has 19 heavy (non-hydrogen) atoms. The highest BCUT2D eigenvalue weighted by Crippen LogP contribution is 2.21. The molecule has 1 heteroatoms. The zero-order valence-corrected chi connectivity index (χ0v) is 11.9. The molecular weight excluding hydrogens is 232 g/mol. The molecule has 0 saturated carbocycles. The molecule has 0 heterocycles. The quantitative estimate of drug-likeness (QED) is 0.711. The molecule has 0 saturated heterocycles. The van der Waals surface area contributed by atoms with Crippen molar-refractivity contribution in [1.29, 1.82) is 0 Å². The molecule has 0 fully saturated rings. The van der Waals surface area contributed by atoms with E-state index in [2.05, 4.69) is 56.3 Å².